The molecule has 2 fully saturated rings. The second kappa shape index (κ2) is 8.39. The maximum absolute atomic E-state index is 13.7. The summed E-state index contributed by atoms with van der Waals surface area (Å²) >= 11 is 3.65. The number of carbonyl (C=O) groups is 1. The summed E-state index contributed by atoms with van der Waals surface area (Å²) in [6.45, 7) is 5.21. The molecule has 1 aliphatic carbocycles. The van der Waals surface area contributed by atoms with Crippen molar-refractivity contribution in [1.82, 2.24) is 29.2 Å². The number of halogens is 1. The largest absolute Gasteiger partial charge is 0.476 e. The van der Waals surface area contributed by atoms with Crippen LogP contribution in [0.25, 0.3) is 22.3 Å². The zero-order chi connectivity index (χ0) is 25.3. The number of hydrogen-bond donors (Lipinski definition) is 1. The monoisotopic (exact) mass is 561 g/mol. The number of imidazole rings is 1. The molecule has 2 aliphatic heterocycles. The molecule has 1 spiro atoms. The van der Waals surface area contributed by atoms with Gasteiger partial charge in [0.05, 0.1) is 34.0 Å². The van der Waals surface area contributed by atoms with Gasteiger partial charge in [-0.05, 0) is 62.4 Å². The van der Waals surface area contributed by atoms with Crippen molar-refractivity contribution < 1.29 is 9.53 Å². The van der Waals surface area contributed by atoms with Crippen LogP contribution in [0.3, 0.4) is 0 Å². The van der Waals surface area contributed by atoms with E-state index < -0.39 is 0 Å². The number of ether oxygens (including phenoxy) is 1. The van der Waals surface area contributed by atoms with E-state index in [-0.39, 0.29) is 11.4 Å². The summed E-state index contributed by atoms with van der Waals surface area (Å²) < 4.78 is 11.4. The van der Waals surface area contributed by atoms with Crippen molar-refractivity contribution >= 4 is 38.8 Å². The molecule has 5 heterocycles. The van der Waals surface area contributed by atoms with Gasteiger partial charge in [-0.25, -0.2) is 9.67 Å². The van der Waals surface area contributed by atoms with Crippen molar-refractivity contribution in [3.05, 3.63) is 52.3 Å². The Hall–Kier alpha value is -3.24. The molecule has 10 heteroatoms. The third-order valence-electron chi connectivity index (χ3n) is 8.06. The fourth-order valence-electron chi connectivity index (χ4n) is 6.57. The van der Waals surface area contributed by atoms with E-state index in [9.17, 15) is 4.79 Å². The van der Waals surface area contributed by atoms with Crippen LogP contribution in [0.1, 0.15) is 35.3 Å². The molecular formula is C27H28BrN7O2. The molecule has 3 unspecified atom stereocenters. The summed E-state index contributed by atoms with van der Waals surface area (Å²) in [7, 11) is 1.87. The molecule has 1 saturated carbocycles. The van der Waals surface area contributed by atoms with E-state index in [1.165, 1.54) is 0 Å². The maximum atomic E-state index is 13.7. The summed E-state index contributed by atoms with van der Waals surface area (Å²) in [6, 6.07) is 9.75. The number of piperidine rings is 1. The predicted octanol–water partition coefficient (Wildman–Crippen LogP) is 4.36. The number of anilines is 1. The lowest BCUT2D eigenvalue weighted by Crippen LogP contribution is -2.50. The minimum atomic E-state index is -0.206. The van der Waals surface area contributed by atoms with Gasteiger partial charge in [0.15, 0.2) is 0 Å². The number of nitrogens with one attached hydrogen (secondary N) is 1. The number of carbonyl (C=O) groups excluding carboxylic acids is 1. The van der Waals surface area contributed by atoms with Gasteiger partial charge in [-0.3, -0.25) is 20.0 Å². The molecule has 9 nitrogen and oxygen atoms in total. The fourth-order valence-corrected chi connectivity index (χ4v) is 6.92. The van der Waals surface area contributed by atoms with Gasteiger partial charge >= 0.3 is 0 Å². The molecule has 3 aliphatic rings. The molecule has 37 heavy (non-hydrogen) atoms. The van der Waals surface area contributed by atoms with Gasteiger partial charge in [-0.1, -0.05) is 15.9 Å². The summed E-state index contributed by atoms with van der Waals surface area (Å²) in [5, 5.41) is 7.60. The highest BCUT2D eigenvalue weighted by molar-refractivity contribution is 9.10. The number of nitrogens with zero attached hydrogens (tertiary/aromatic N) is 6. The van der Waals surface area contributed by atoms with Crippen LogP contribution in [-0.4, -0.2) is 61.4 Å². The van der Waals surface area contributed by atoms with E-state index in [4.69, 9.17) is 14.7 Å². The zero-order valence-electron chi connectivity index (χ0n) is 20.9. The summed E-state index contributed by atoms with van der Waals surface area (Å²) in [5.41, 5.74) is 4.50. The highest BCUT2D eigenvalue weighted by Crippen LogP contribution is 2.48. The first-order valence-corrected chi connectivity index (χ1v) is 13.5. The van der Waals surface area contributed by atoms with Crippen LogP contribution >= 0.6 is 15.9 Å². The number of fused-ring (bicyclic) bond motifs is 9. The number of rotatable bonds is 0. The summed E-state index contributed by atoms with van der Waals surface area (Å²) in [6.07, 6.45) is 5.05. The second-order valence-corrected chi connectivity index (χ2v) is 11.6. The van der Waals surface area contributed by atoms with E-state index in [1.54, 1.807) is 16.9 Å². The van der Waals surface area contributed by atoms with Gasteiger partial charge in [0.2, 0.25) is 11.8 Å². The van der Waals surface area contributed by atoms with Crippen LogP contribution in [0, 0.1) is 12.8 Å². The number of aryl methyl sites for hydroxylation is 2. The van der Waals surface area contributed by atoms with Gasteiger partial charge in [-0.2, -0.15) is 5.10 Å². The third-order valence-corrected chi connectivity index (χ3v) is 8.55. The topological polar surface area (TPSA) is 90.1 Å². The van der Waals surface area contributed by atoms with Crippen molar-refractivity contribution in [2.45, 2.75) is 31.7 Å². The molecule has 4 aromatic rings. The van der Waals surface area contributed by atoms with Gasteiger partial charge < -0.3 is 9.30 Å². The van der Waals surface area contributed by atoms with Crippen LogP contribution in [0.5, 0.6) is 5.88 Å². The molecule has 1 N–H and O–H groups in total. The Morgan fingerprint density at radius 3 is 3.00 bits per heavy atom. The van der Waals surface area contributed by atoms with Crippen LogP contribution in [0.2, 0.25) is 0 Å². The van der Waals surface area contributed by atoms with E-state index >= 15 is 0 Å². The quantitative estimate of drug-likeness (QED) is 0.343. The Kier molecular flexibility index (Phi) is 5.20. The number of pyridine rings is 1. The van der Waals surface area contributed by atoms with Crippen molar-refractivity contribution in [2.75, 3.05) is 31.6 Å². The number of amides is 1. The standard InChI is InChI=1S/C27H28BrN7O2/c1-16-9-18-10-22(30-16)20-13-29-33(2)25(20)37-8-7-34-14-17-5-6-27(12-17,15-34)35-23-11-19(28)3-4-21(23)31-26(35)32-24(18)36/h3-4,9-11,13,17H,5-8,12,14-15H2,1-2H3,(H,31,32,36). The minimum absolute atomic E-state index is 0.141. The Balaban J connectivity index is 1.42. The highest BCUT2D eigenvalue weighted by atomic mass is 79.9. The Morgan fingerprint density at radius 2 is 2.11 bits per heavy atom. The van der Waals surface area contributed by atoms with Crippen molar-refractivity contribution in [1.29, 1.82) is 0 Å². The first-order chi connectivity index (χ1) is 17.9. The van der Waals surface area contributed by atoms with E-state index in [0.29, 0.717) is 35.6 Å². The Morgan fingerprint density at radius 1 is 1.22 bits per heavy atom. The average Bonchev–Trinajstić information content (AvgIpc) is 3.51. The molecule has 3 aromatic heterocycles. The minimum Gasteiger partial charge on any atom is -0.476 e. The SMILES string of the molecule is Cc1cc2cc(n1)-c1cnn(C)c1OCCN1CC3CCC(C3)(C1)n1c(nc3ccc(Br)cc31)NC2=O. The van der Waals surface area contributed by atoms with Crippen LogP contribution in [0.4, 0.5) is 5.95 Å². The highest BCUT2D eigenvalue weighted by Gasteiger charge is 2.48. The Labute approximate surface area is 223 Å². The Bertz CT molecular complexity index is 1560. The molecule has 7 rings (SSSR count). The molecule has 3 atom stereocenters. The second-order valence-electron chi connectivity index (χ2n) is 10.6. The van der Waals surface area contributed by atoms with Crippen molar-refractivity contribution in [3.63, 3.8) is 0 Å². The van der Waals surface area contributed by atoms with E-state index in [0.717, 1.165) is 65.7 Å². The van der Waals surface area contributed by atoms with Crippen LogP contribution in [0.15, 0.2) is 41.0 Å². The van der Waals surface area contributed by atoms with Crippen LogP contribution in [-0.2, 0) is 12.6 Å². The lowest BCUT2D eigenvalue weighted by molar-refractivity contribution is 0.0902. The maximum Gasteiger partial charge on any atom is 0.258 e. The summed E-state index contributed by atoms with van der Waals surface area (Å²) in [5.74, 6) is 1.66. The van der Waals surface area contributed by atoms with Crippen molar-refractivity contribution in [3.8, 4) is 17.1 Å². The molecule has 1 saturated heterocycles. The van der Waals surface area contributed by atoms with Gasteiger partial charge in [-0.15, -0.1) is 0 Å². The van der Waals surface area contributed by atoms with Gasteiger partial charge in [0.25, 0.3) is 5.91 Å². The average molecular weight is 562 g/mol. The van der Waals surface area contributed by atoms with E-state index in [2.05, 4.69) is 41.9 Å². The molecular weight excluding hydrogens is 534 g/mol. The molecule has 0 radical (unpaired) electrons. The third kappa shape index (κ3) is 3.76. The lowest BCUT2D eigenvalue weighted by Gasteiger charge is -2.42. The first-order valence-electron chi connectivity index (χ1n) is 12.7. The fraction of sp³-hybridized carbons (Fsp3) is 0.407. The smallest absolute Gasteiger partial charge is 0.258 e. The van der Waals surface area contributed by atoms with E-state index in [1.807, 2.05) is 32.2 Å². The number of hydrogen-bond acceptors (Lipinski definition) is 6. The molecule has 1 aromatic carbocycles. The van der Waals surface area contributed by atoms with Gasteiger partial charge in [0.1, 0.15) is 6.61 Å². The lowest BCUT2D eigenvalue weighted by atomic mass is 9.90. The molecule has 5 bridgehead atoms. The first kappa shape index (κ1) is 22.9. The molecule has 190 valence electrons. The number of aromatic nitrogens is 5. The zero-order valence-corrected chi connectivity index (χ0v) is 22.5. The summed E-state index contributed by atoms with van der Waals surface area (Å²) in [4.78, 5) is 25.8. The number of benzene rings is 1. The predicted molar refractivity (Wildman–Crippen MR) is 144 cm³/mol. The van der Waals surface area contributed by atoms with Gasteiger partial charge in [0, 0.05) is 42.4 Å². The normalized spacial score (nSPS) is 25.0. The van der Waals surface area contributed by atoms with Crippen LogP contribution < -0.4 is 10.1 Å². The van der Waals surface area contributed by atoms with Crippen molar-refractivity contribution in [2.24, 2.45) is 13.0 Å². The molecule has 1 amide bonds.